The van der Waals surface area contributed by atoms with E-state index in [0.29, 0.717) is 50.2 Å². The van der Waals surface area contributed by atoms with Gasteiger partial charge in [0.25, 0.3) is 10.0 Å². The fraction of sp³-hybridized carbons (Fsp3) is 0.484. The number of thiophene rings is 1. The molecule has 3 unspecified atom stereocenters. The van der Waals surface area contributed by atoms with E-state index >= 15 is 0 Å². The fourth-order valence-corrected chi connectivity index (χ4v) is 8.97. The Balaban J connectivity index is 1.24. The van der Waals surface area contributed by atoms with Crippen LogP contribution < -0.4 is 4.90 Å². The first kappa shape index (κ1) is 28.8. The molecule has 3 aliphatic heterocycles. The molecule has 8 nitrogen and oxygen atoms in total. The third-order valence-corrected chi connectivity index (χ3v) is 11.8. The van der Waals surface area contributed by atoms with Gasteiger partial charge in [-0.1, -0.05) is 48.5 Å². The zero-order valence-corrected chi connectivity index (χ0v) is 25.3. The van der Waals surface area contributed by atoms with E-state index in [2.05, 4.69) is 21.9 Å². The number of anilines is 1. The highest BCUT2D eigenvalue weighted by Gasteiger charge is 2.47. The molecule has 3 aliphatic rings. The monoisotopic (exact) mass is 597 g/mol. The molecule has 0 spiro atoms. The van der Waals surface area contributed by atoms with Gasteiger partial charge in [0.1, 0.15) is 4.21 Å². The normalized spacial score (nSPS) is 26.0. The summed E-state index contributed by atoms with van der Waals surface area (Å²) in [5, 5.41) is 12.3. The van der Waals surface area contributed by atoms with Crippen LogP contribution in [0.3, 0.4) is 0 Å². The summed E-state index contributed by atoms with van der Waals surface area (Å²) in [6.45, 7) is 7.53. The van der Waals surface area contributed by atoms with Gasteiger partial charge in [0.15, 0.2) is 0 Å². The Labute approximate surface area is 247 Å². The summed E-state index contributed by atoms with van der Waals surface area (Å²) in [7, 11) is -3.56. The summed E-state index contributed by atoms with van der Waals surface area (Å²) in [5.41, 5.74) is 2.12. The van der Waals surface area contributed by atoms with Crippen LogP contribution in [0.5, 0.6) is 0 Å². The van der Waals surface area contributed by atoms with E-state index in [9.17, 15) is 13.5 Å². The Morgan fingerprint density at radius 2 is 1.80 bits per heavy atom. The van der Waals surface area contributed by atoms with Crippen molar-refractivity contribution in [3.63, 3.8) is 0 Å². The van der Waals surface area contributed by atoms with Crippen LogP contribution >= 0.6 is 11.3 Å². The number of morpholine rings is 1. The highest BCUT2D eigenvalue weighted by atomic mass is 32.2. The van der Waals surface area contributed by atoms with Gasteiger partial charge in [-0.15, -0.1) is 11.3 Å². The first-order chi connectivity index (χ1) is 19.7. The van der Waals surface area contributed by atoms with Gasteiger partial charge in [-0.2, -0.15) is 4.31 Å². The number of nitrogens with zero attached hydrogens (tertiary/aromatic N) is 3. The molecule has 10 heteroatoms. The van der Waals surface area contributed by atoms with Crippen LogP contribution in [0.1, 0.15) is 31.4 Å². The van der Waals surface area contributed by atoms with Gasteiger partial charge in [0, 0.05) is 37.9 Å². The second kappa shape index (κ2) is 11.8. The predicted octanol–water partition coefficient (Wildman–Crippen LogP) is 3.91. The van der Waals surface area contributed by atoms with Crippen molar-refractivity contribution >= 4 is 27.0 Å². The van der Waals surface area contributed by atoms with Crippen molar-refractivity contribution < 1.29 is 23.0 Å². The molecule has 1 N–H and O–H groups in total. The Morgan fingerprint density at radius 3 is 2.51 bits per heavy atom. The molecular weight excluding hydrogens is 558 g/mol. The van der Waals surface area contributed by atoms with E-state index in [0.717, 1.165) is 23.2 Å². The molecule has 2 bridgehead atoms. The topological polar surface area (TPSA) is 82.6 Å². The number of fused-ring (bicyclic) bond motifs is 2. The molecule has 0 aliphatic carbocycles. The molecule has 4 atom stereocenters. The average molecular weight is 598 g/mol. The minimum absolute atomic E-state index is 0.0533. The summed E-state index contributed by atoms with van der Waals surface area (Å²) in [4.78, 5) is 4.84. The van der Waals surface area contributed by atoms with Crippen LogP contribution in [0.15, 0.2) is 76.3 Å². The molecular formula is C31H39N3O5S2. The maximum atomic E-state index is 13.5. The average Bonchev–Trinajstić information content (AvgIpc) is 3.57. The van der Waals surface area contributed by atoms with E-state index < -0.39 is 15.6 Å². The van der Waals surface area contributed by atoms with Gasteiger partial charge in [0.05, 0.1) is 43.6 Å². The maximum absolute atomic E-state index is 13.5. The maximum Gasteiger partial charge on any atom is 0.252 e. The van der Waals surface area contributed by atoms with E-state index in [4.69, 9.17) is 9.47 Å². The second-order valence-corrected chi connectivity index (χ2v) is 14.9. The minimum Gasteiger partial charge on any atom is -0.386 e. The van der Waals surface area contributed by atoms with E-state index in [1.165, 1.54) is 11.3 Å². The molecule has 3 saturated heterocycles. The van der Waals surface area contributed by atoms with Gasteiger partial charge < -0.3 is 19.5 Å². The van der Waals surface area contributed by atoms with Crippen molar-refractivity contribution in [1.82, 2.24) is 9.21 Å². The summed E-state index contributed by atoms with van der Waals surface area (Å²) >= 11 is 1.27. The third kappa shape index (κ3) is 6.10. The molecule has 3 aromatic rings. The number of hydrogen-bond donors (Lipinski definition) is 1. The Bertz CT molecular complexity index is 1390. The van der Waals surface area contributed by atoms with Crippen LogP contribution in [0.25, 0.3) is 0 Å². The van der Waals surface area contributed by atoms with E-state index in [1.807, 2.05) is 47.8 Å². The lowest BCUT2D eigenvalue weighted by atomic mass is 9.98. The zero-order chi connectivity index (χ0) is 28.6. The van der Waals surface area contributed by atoms with Gasteiger partial charge in [-0.05, 0) is 55.0 Å². The Kier molecular flexibility index (Phi) is 8.26. The summed E-state index contributed by atoms with van der Waals surface area (Å²) in [6.07, 6.45) is 0.971. The predicted molar refractivity (Wildman–Crippen MR) is 161 cm³/mol. The molecule has 0 radical (unpaired) electrons. The van der Waals surface area contributed by atoms with Crippen molar-refractivity contribution in [2.75, 3.05) is 44.3 Å². The van der Waals surface area contributed by atoms with Crippen LogP contribution in [0.4, 0.5) is 5.69 Å². The summed E-state index contributed by atoms with van der Waals surface area (Å²) in [5.74, 6) is 0. The molecule has 0 amide bonds. The van der Waals surface area contributed by atoms with Crippen molar-refractivity contribution in [2.24, 2.45) is 0 Å². The third-order valence-electron chi connectivity index (χ3n) is 8.60. The quantitative estimate of drug-likeness (QED) is 0.401. The van der Waals surface area contributed by atoms with Crippen LogP contribution in [-0.2, 0) is 31.7 Å². The lowest BCUT2D eigenvalue weighted by Gasteiger charge is -2.46. The molecule has 0 saturated carbocycles. The lowest BCUT2D eigenvalue weighted by Crippen LogP contribution is -2.61. The van der Waals surface area contributed by atoms with E-state index in [-0.39, 0.29) is 24.2 Å². The Morgan fingerprint density at radius 1 is 1.02 bits per heavy atom. The zero-order valence-electron chi connectivity index (χ0n) is 23.6. The number of sulfonamides is 1. The van der Waals surface area contributed by atoms with Crippen molar-refractivity contribution in [3.05, 3.63) is 83.2 Å². The number of aliphatic hydroxyl groups is 1. The van der Waals surface area contributed by atoms with Gasteiger partial charge in [-0.25, -0.2) is 8.42 Å². The van der Waals surface area contributed by atoms with Crippen molar-refractivity contribution in [1.29, 1.82) is 0 Å². The highest BCUT2D eigenvalue weighted by Crippen LogP contribution is 2.35. The van der Waals surface area contributed by atoms with Crippen LogP contribution in [0.2, 0.25) is 0 Å². The summed E-state index contributed by atoms with van der Waals surface area (Å²) in [6, 6.07) is 22.0. The van der Waals surface area contributed by atoms with Crippen LogP contribution in [0, 0.1) is 0 Å². The first-order valence-corrected chi connectivity index (χ1v) is 16.6. The fourth-order valence-electron chi connectivity index (χ4n) is 6.36. The number of hydrogen-bond acceptors (Lipinski definition) is 8. The number of ether oxygens (including phenoxy) is 2. The minimum atomic E-state index is -3.56. The smallest absolute Gasteiger partial charge is 0.252 e. The summed E-state index contributed by atoms with van der Waals surface area (Å²) < 4.78 is 41.5. The van der Waals surface area contributed by atoms with Crippen LogP contribution in [-0.4, -0.2) is 86.4 Å². The second-order valence-electron chi connectivity index (χ2n) is 11.8. The number of benzene rings is 2. The van der Waals surface area contributed by atoms with Gasteiger partial charge >= 0.3 is 0 Å². The molecule has 220 valence electrons. The standard InChI is InChI=1S/C31H39N3O5S2/c1-31(2,35)24-10-12-25(13-11-24)33-15-14-32(41(36,37)30-9-6-16-40-30)18-27(33)19-34-26-17-29(28(34)22-38-21-26)39-20-23-7-4-3-5-8-23/h3-13,16,26-29,35H,14-15,17-22H2,1-2H3/t26?,27-,28?,29?/m1/s1. The molecule has 3 fully saturated rings. The SMILES string of the molecule is CC(C)(O)c1ccc(N2CCN(S(=O)(=O)c3cccs3)C[C@@H]2CN2C3COCC2C(OCc2ccccc2)C3)cc1. The van der Waals surface area contributed by atoms with Crippen molar-refractivity contribution in [2.45, 2.75) is 60.9 Å². The lowest BCUT2D eigenvalue weighted by molar-refractivity contribution is -0.0518. The molecule has 41 heavy (non-hydrogen) atoms. The largest absolute Gasteiger partial charge is 0.386 e. The molecule has 4 heterocycles. The van der Waals surface area contributed by atoms with E-state index in [1.54, 1.807) is 30.3 Å². The molecule has 2 aromatic carbocycles. The van der Waals surface area contributed by atoms with Crippen molar-refractivity contribution in [3.8, 4) is 0 Å². The molecule has 1 aromatic heterocycles. The Hall–Kier alpha value is -2.31. The number of rotatable bonds is 9. The first-order valence-electron chi connectivity index (χ1n) is 14.3. The van der Waals surface area contributed by atoms with Gasteiger partial charge in [0.2, 0.25) is 0 Å². The highest BCUT2D eigenvalue weighted by molar-refractivity contribution is 7.91. The molecule has 6 rings (SSSR count). The number of piperazine rings is 1. The van der Waals surface area contributed by atoms with Gasteiger partial charge in [-0.3, -0.25) is 4.90 Å².